The van der Waals surface area contributed by atoms with Crippen molar-refractivity contribution in [1.82, 2.24) is 4.90 Å². The molecule has 1 amide bonds. The quantitative estimate of drug-likeness (QED) is 0.634. The van der Waals surface area contributed by atoms with Crippen LogP contribution in [0, 0.1) is 0 Å². The second-order valence-electron chi connectivity index (χ2n) is 3.55. The second-order valence-corrected chi connectivity index (χ2v) is 3.55. The molecule has 0 radical (unpaired) electrons. The molecule has 0 unspecified atom stereocenters. The van der Waals surface area contributed by atoms with Crippen molar-refractivity contribution in [2.24, 2.45) is 5.73 Å². The lowest BCUT2D eigenvalue weighted by atomic mass is 10.0. The molecule has 1 atom stereocenters. The second kappa shape index (κ2) is 3.74. The fourth-order valence-electron chi connectivity index (χ4n) is 0.724. The van der Waals surface area contributed by atoms with Gasteiger partial charge in [-0.1, -0.05) is 0 Å². The van der Waals surface area contributed by atoms with Crippen LogP contribution in [0.2, 0.25) is 0 Å². The highest BCUT2D eigenvalue weighted by molar-refractivity contribution is 5.88. The Bertz CT molecular complexity index is 223. The molecule has 0 bridgehead atoms. The summed E-state index contributed by atoms with van der Waals surface area (Å²) in [7, 11) is 1.43. The molecule has 13 heavy (non-hydrogen) atoms. The summed E-state index contributed by atoms with van der Waals surface area (Å²) in [6.07, 6.45) is 0. The van der Waals surface area contributed by atoms with Crippen LogP contribution in [0.1, 0.15) is 20.8 Å². The number of nitrogens with two attached hydrogens (primary N) is 1. The number of carbonyl (C=O) groups is 2. The molecule has 0 saturated heterocycles. The first-order valence-electron chi connectivity index (χ1n) is 3.98. The third-order valence-corrected chi connectivity index (χ3v) is 2.08. The van der Waals surface area contributed by atoms with Gasteiger partial charge in [-0.3, -0.25) is 4.79 Å². The first-order valence-corrected chi connectivity index (χ1v) is 3.98. The van der Waals surface area contributed by atoms with Crippen molar-refractivity contribution >= 4 is 11.9 Å². The number of amides is 1. The fraction of sp³-hybridized carbons (Fsp3) is 0.750. The summed E-state index contributed by atoms with van der Waals surface area (Å²) in [6.45, 7) is 4.43. The van der Waals surface area contributed by atoms with Crippen LogP contribution in [0.4, 0.5) is 0 Å². The molecular weight excluding hydrogens is 172 g/mol. The minimum Gasteiger partial charge on any atom is -0.480 e. The van der Waals surface area contributed by atoms with Gasteiger partial charge in [0.05, 0.1) is 6.04 Å². The smallest absolute Gasteiger partial charge is 0.329 e. The molecule has 0 fully saturated rings. The maximum absolute atomic E-state index is 11.3. The van der Waals surface area contributed by atoms with E-state index in [1.54, 1.807) is 0 Å². The van der Waals surface area contributed by atoms with Gasteiger partial charge in [-0.25, -0.2) is 4.79 Å². The third-order valence-electron chi connectivity index (χ3n) is 2.08. The monoisotopic (exact) mass is 188 g/mol. The van der Waals surface area contributed by atoms with Crippen molar-refractivity contribution in [3.05, 3.63) is 0 Å². The highest BCUT2D eigenvalue weighted by atomic mass is 16.4. The summed E-state index contributed by atoms with van der Waals surface area (Å²) in [4.78, 5) is 23.2. The lowest BCUT2D eigenvalue weighted by molar-refractivity contribution is -0.155. The molecule has 0 rings (SSSR count). The lowest BCUT2D eigenvalue weighted by Crippen LogP contribution is -2.54. The molecular formula is C8H16N2O3. The van der Waals surface area contributed by atoms with Crippen molar-refractivity contribution in [2.75, 3.05) is 7.05 Å². The van der Waals surface area contributed by atoms with Crippen LogP contribution in [0.25, 0.3) is 0 Å². The predicted molar refractivity (Wildman–Crippen MR) is 48.1 cm³/mol. The average Bonchev–Trinajstić information content (AvgIpc) is 2.01. The number of rotatable bonds is 3. The summed E-state index contributed by atoms with van der Waals surface area (Å²) < 4.78 is 0. The Labute approximate surface area is 77.5 Å². The molecule has 0 spiro atoms. The minimum atomic E-state index is -1.22. The average molecular weight is 188 g/mol. The number of hydrogen-bond acceptors (Lipinski definition) is 3. The molecule has 3 N–H and O–H groups in total. The first kappa shape index (κ1) is 11.9. The Morgan fingerprint density at radius 3 is 2.08 bits per heavy atom. The Balaban J connectivity index is 4.68. The maximum Gasteiger partial charge on any atom is 0.329 e. The standard InChI is InChI=1S/C8H16N2O3/c1-5(9)6(11)10(4)8(2,3)7(12)13/h5H,9H2,1-4H3,(H,12,13)/t5-/m1/s1. The summed E-state index contributed by atoms with van der Waals surface area (Å²) >= 11 is 0. The Hall–Kier alpha value is -1.10. The van der Waals surface area contributed by atoms with Crippen molar-refractivity contribution in [2.45, 2.75) is 32.4 Å². The van der Waals surface area contributed by atoms with Gasteiger partial charge >= 0.3 is 5.97 Å². The van der Waals surface area contributed by atoms with Crippen LogP contribution < -0.4 is 5.73 Å². The van der Waals surface area contributed by atoms with E-state index < -0.39 is 17.6 Å². The molecule has 0 aromatic heterocycles. The molecule has 76 valence electrons. The zero-order chi connectivity index (χ0) is 10.8. The van der Waals surface area contributed by atoms with E-state index in [1.807, 2.05) is 0 Å². The van der Waals surface area contributed by atoms with Gasteiger partial charge in [0.25, 0.3) is 0 Å². The molecule has 0 aliphatic carbocycles. The van der Waals surface area contributed by atoms with Gasteiger partial charge in [-0.15, -0.1) is 0 Å². The molecule has 0 aromatic rings. The summed E-state index contributed by atoms with van der Waals surface area (Å²) in [5.41, 5.74) is 4.13. The van der Waals surface area contributed by atoms with Crippen molar-refractivity contribution < 1.29 is 14.7 Å². The number of nitrogens with zero attached hydrogens (tertiary/aromatic N) is 1. The van der Waals surface area contributed by atoms with Gasteiger partial charge in [0.2, 0.25) is 5.91 Å². The van der Waals surface area contributed by atoms with Crippen molar-refractivity contribution in [3.63, 3.8) is 0 Å². The molecule has 5 nitrogen and oxygen atoms in total. The van der Waals surface area contributed by atoms with E-state index >= 15 is 0 Å². The summed E-state index contributed by atoms with van der Waals surface area (Å²) in [5, 5.41) is 8.81. The van der Waals surface area contributed by atoms with Crippen molar-refractivity contribution in [3.8, 4) is 0 Å². The predicted octanol–water partition coefficient (Wildman–Crippen LogP) is -0.345. The van der Waals surface area contributed by atoms with Gasteiger partial charge in [0.1, 0.15) is 5.54 Å². The van der Waals surface area contributed by atoms with E-state index in [9.17, 15) is 9.59 Å². The largest absolute Gasteiger partial charge is 0.480 e. The third kappa shape index (κ3) is 2.42. The van der Waals surface area contributed by atoms with Crippen LogP contribution in [0.3, 0.4) is 0 Å². The molecule has 0 heterocycles. The maximum atomic E-state index is 11.3. The molecule has 0 aliphatic rings. The minimum absolute atomic E-state index is 0.382. The molecule has 0 aliphatic heterocycles. The van der Waals surface area contributed by atoms with Gasteiger partial charge < -0.3 is 15.7 Å². The number of hydrogen-bond donors (Lipinski definition) is 2. The van der Waals surface area contributed by atoms with Gasteiger partial charge in [-0.05, 0) is 20.8 Å². The summed E-state index contributed by atoms with van der Waals surface area (Å²) in [6, 6.07) is -0.677. The van der Waals surface area contributed by atoms with Crippen molar-refractivity contribution in [1.29, 1.82) is 0 Å². The van der Waals surface area contributed by atoms with Crippen LogP contribution >= 0.6 is 0 Å². The van der Waals surface area contributed by atoms with Gasteiger partial charge in [0, 0.05) is 7.05 Å². The molecule has 0 aromatic carbocycles. The van der Waals surface area contributed by atoms with E-state index in [0.717, 1.165) is 4.90 Å². The van der Waals surface area contributed by atoms with Gasteiger partial charge in [0.15, 0.2) is 0 Å². The number of aliphatic carboxylic acids is 1. The topological polar surface area (TPSA) is 83.6 Å². The summed E-state index contributed by atoms with van der Waals surface area (Å²) in [5.74, 6) is -1.43. The SMILES string of the molecule is C[C@@H](N)C(=O)N(C)C(C)(C)C(=O)O. The Morgan fingerprint density at radius 1 is 1.46 bits per heavy atom. The van der Waals surface area contributed by atoms with Crippen LogP contribution in [-0.2, 0) is 9.59 Å². The first-order chi connectivity index (χ1) is 5.71. The Kier molecular flexibility index (Phi) is 3.42. The van der Waals surface area contributed by atoms with Crippen LogP contribution in [-0.4, -0.2) is 40.5 Å². The van der Waals surface area contributed by atoms with E-state index in [4.69, 9.17) is 10.8 Å². The van der Waals surface area contributed by atoms with E-state index in [1.165, 1.54) is 27.8 Å². The Morgan fingerprint density at radius 2 is 1.85 bits per heavy atom. The zero-order valence-corrected chi connectivity index (χ0v) is 8.37. The number of carboxylic acids is 1. The van der Waals surface area contributed by atoms with E-state index in [-0.39, 0.29) is 5.91 Å². The number of likely N-dealkylation sites (N-methyl/N-ethyl adjacent to an activating group) is 1. The zero-order valence-electron chi connectivity index (χ0n) is 8.37. The number of carboxylic acid groups (broad SMARTS) is 1. The molecule has 0 saturated carbocycles. The van der Waals surface area contributed by atoms with E-state index in [2.05, 4.69) is 0 Å². The lowest BCUT2D eigenvalue weighted by Gasteiger charge is -2.32. The highest BCUT2D eigenvalue weighted by Gasteiger charge is 2.35. The van der Waals surface area contributed by atoms with Crippen LogP contribution in [0.15, 0.2) is 0 Å². The van der Waals surface area contributed by atoms with Crippen LogP contribution in [0.5, 0.6) is 0 Å². The fourth-order valence-corrected chi connectivity index (χ4v) is 0.724. The van der Waals surface area contributed by atoms with E-state index in [0.29, 0.717) is 0 Å². The normalized spacial score (nSPS) is 13.6. The van der Waals surface area contributed by atoms with Gasteiger partial charge in [-0.2, -0.15) is 0 Å². The highest BCUT2D eigenvalue weighted by Crippen LogP contribution is 2.12. The molecule has 5 heteroatoms. The number of carbonyl (C=O) groups excluding carboxylic acids is 1.